The van der Waals surface area contributed by atoms with Gasteiger partial charge in [-0.3, -0.25) is 9.69 Å². The van der Waals surface area contributed by atoms with E-state index >= 15 is 0 Å². The molecule has 0 atom stereocenters. The molecule has 0 saturated heterocycles. The van der Waals surface area contributed by atoms with E-state index in [-0.39, 0.29) is 30.7 Å². The smallest absolute Gasteiger partial charge is 0.238 e. The molecule has 23 heavy (non-hydrogen) atoms. The lowest BCUT2D eigenvalue weighted by Gasteiger charge is -2.13. The lowest BCUT2D eigenvalue weighted by atomic mass is 10.1. The number of amides is 1. The summed E-state index contributed by atoms with van der Waals surface area (Å²) in [6.45, 7) is 6.67. The number of hydrogen-bond donors (Lipinski definition) is 2. The van der Waals surface area contributed by atoms with Crippen LogP contribution < -0.4 is 10.6 Å². The molecular formula is C17H27Cl2N3O. The number of halogens is 2. The van der Waals surface area contributed by atoms with Crippen molar-refractivity contribution in [1.29, 1.82) is 0 Å². The Morgan fingerprint density at radius 1 is 1.26 bits per heavy atom. The second kappa shape index (κ2) is 9.48. The third-order valence-corrected chi connectivity index (χ3v) is 4.28. The van der Waals surface area contributed by atoms with Gasteiger partial charge in [-0.25, -0.2) is 0 Å². The van der Waals surface area contributed by atoms with E-state index in [0.29, 0.717) is 6.54 Å². The second-order valence-electron chi connectivity index (χ2n) is 6.28. The molecule has 0 spiro atoms. The number of carbonyl (C=O) groups is 1. The summed E-state index contributed by atoms with van der Waals surface area (Å²) < 4.78 is 0. The van der Waals surface area contributed by atoms with Crippen LogP contribution in [0.2, 0.25) is 0 Å². The highest BCUT2D eigenvalue weighted by Gasteiger charge is 2.22. The number of benzene rings is 1. The molecule has 1 amide bonds. The average molecular weight is 360 g/mol. The van der Waals surface area contributed by atoms with Gasteiger partial charge in [-0.2, -0.15) is 0 Å². The quantitative estimate of drug-likeness (QED) is 0.785. The maximum Gasteiger partial charge on any atom is 0.238 e. The van der Waals surface area contributed by atoms with E-state index in [1.165, 1.54) is 30.4 Å². The van der Waals surface area contributed by atoms with E-state index in [1.807, 2.05) is 12.1 Å². The highest BCUT2D eigenvalue weighted by molar-refractivity contribution is 5.93. The maximum absolute atomic E-state index is 12.0. The molecule has 130 valence electrons. The maximum atomic E-state index is 12.0. The van der Waals surface area contributed by atoms with Gasteiger partial charge in [0.05, 0.1) is 6.54 Å². The normalized spacial score (nSPS) is 16.2. The monoisotopic (exact) mass is 359 g/mol. The van der Waals surface area contributed by atoms with Crippen molar-refractivity contribution in [3.05, 3.63) is 29.3 Å². The van der Waals surface area contributed by atoms with Crippen molar-refractivity contribution >= 4 is 36.4 Å². The fraction of sp³-hybridized carbons (Fsp3) is 0.588. The Kier molecular flexibility index (Phi) is 8.34. The molecule has 2 N–H and O–H groups in total. The first-order valence-electron chi connectivity index (χ1n) is 8.10. The molecule has 1 aliphatic carbocycles. The topological polar surface area (TPSA) is 44.4 Å². The van der Waals surface area contributed by atoms with Gasteiger partial charge in [0, 0.05) is 18.8 Å². The molecule has 6 heteroatoms. The Bertz CT molecular complexity index is 521. The summed E-state index contributed by atoms with van der Waals surface area (Å²) in [7, 11) is 0. The Hall–Kier alpha value is -0.810. The summed E-state index contributed by atoms with van der Waals surface area (Å²) in [5.74, 6) is 0.874. The predicted octanol–water partition coefficient (Wildman–Crippen LogP) is 3.19. The second-order valence-corrected chi connectivity index (χ2v) is 6.28. The lowest BCUT2D eigenvalue weighted by Crippen LogP contribution is -2.29. The SMILES string of the molecule is CCCN1Cc2cccc(NC(=O)CNCC3CC3)c2C1.Cl.Cl. The van der Waals surface area contributed by atoms with Gasteiger partial charge in [-0.1, -0.05) is 19.1 Å². The summed E-state index contributed by atoms with van der Waals surface area (Å²) in [5, 5.41) is 6.31. The van der Waals surface area contributed by atoms with Gasteiger partial charge in [-0.15, -0.1) is 24.8 Å². The standard InChI is InChI=1S/C17H25N3O.2ClH/c1-2-8-20-11-14-4-3-5-16(15(14)12-20)19-17(21)10-18-9-13-6-7-13;;/h3-5,13,18H,2,6-12H2,1H3,(H,19,21);2*1H. The third-order valence-electron chi connectivity index (χ3n) is 4.28. The zero-order chi connectivity index (χ0) is 14.7. The molecule has 0 bridgehead atoms. The summed E-state index contributed by atoms with van der Waals surface area (Å²) in [6.07, 6.45) is 3.79. The first-order chi connectivity index (χ1) is 10.3. The molecule has 1 saturated carbocycles. The largest absolute Gasteiger partial charge is 0.325 e. The number of rotatable bonds is 7. The van der Waals surface area contributed by atoms with Gasteiger partial charge < -0.3 is 10.6 Å². The molecule has 0 unspecified atom stereocenters. The number of anilines is 1. The molecule has 2 aliphatic rings. The molecule has 3 rings (SSSR count). The van der Waals surface area contributed by atoms with Crippen LogP contribution in [0.1, 0.15) is 37.3 Å². The lowest BCUT2D eigenvalue weighted by molar-refractivity contribution is -0.115. The van der Waals surface area contributed by atoms with Crippen LogP contribution in [-0.4, -0.2) is 30.4 Å². The van der Waals surface area contributed by atoms with Gasteiger partial charge >= 0.3 is 0 Å². The number of carbonyl (C=O) groups excluding carboxylic acids is 1. The zero-order valence-electron chi connectivity index (χ0n) is 13.6. The van der Waals surface area contributed by atoms with Crippen LogP contribution in [0.25, 0.3) is 0 Å². The van der Waals surface area contributed by atoms with E-state index in [2.05, 4.69) is 28.5 Å². The van der Waals surface area contributed by atoms with Crippen molar-refractivity contribution in [2.75, 3.05) is 25.0 Å². The summed E-state index contributed by atoms with van der Waals surface area (Å²) >= 11 is 0. The van der Waals surface area contributed by atoms with Crippen LogP contribution >= 0.6 is 24.8 Å². The molecule has 1 fully saturated rings. The van der Waals surface area contributed by atoms with Gasteiger partial charge in [0.2, 0.25) is 5.91 Å². The molecule has 1 aromatic carbocycles. The van der Waals surface area contributed by atoms with Crippen molar-refractivity contribution in [3.63, 3.8) is 0 Å². The van der Waals surface area contributed by atoms with E-state index in [1.54, 1.807) is 0 Å². The van der Waals surface area contributed by atoms with Crippen LogP contribution in [0.15, 0.2) is 18.2 Å². The van der Waals surface area contributed by atoms with Gasteiger partial charge in [0.25, 0.3) is 0 Å². The molecule has 0 radical (unpaired) electrons. The van der Waals surface area contributed by atoms with E-state index in [4.69, 9.17) is 0 Å². The van der Waals surface area contributed by atoms with Crippen LogP contribution in [0, 0.1) is 5.92 Å². The minimum Gasteiger partial charge on any atom is -0.325 e. The summed E-state index contributed by atoms with van der Waals surface area (Å²) in [4.78, 5) is 14.5. The number of hydrogen-bond acceptors (Lipinski definition) is 3. The molecule has 4 nitrogen and oxygen atoms in total. The minimum absolute atomic E-state index is 0. The van der Waals surface area contributed by atoms with Crippen molar-refractivity contribution in [1.82, 2.24) is 10.2 Å². The highest BCUT2D eigenvalue weighted by atomic mass is 35.5. The van der Waals surface area contributed by atoms with Crippen molar-refractivity contribution in [2.45, 2.75) is 39.3 Å². The molecule has 1 heterocycles. The summed E-state index contributed by atoms with van der Waals surface area (Å²) in [6, 6.07) is 6.24. The Labute approximate surface area is 151 Å². The van der Waals surface area contributed by atoms with Crippen LogP contribution in [0.4, 0.5) is 5.69 Å². The highest BCUT2D eigenvalue weighted by Crippen LogP contribution is 2.29. The number of nitrogens with one attached hydrogen (secondary N) is 2. The van der Waals surface area contributed by atoms with Crippen LogP contribution in [0.3, 0.4) is 0 Å². The van der Waals surface area contributed by atoms with E-state index < -0.39 is 0 Å². The zero-order valence-corrected chi connectivity index (χ0v) is 15.3. The first-order valence-corrected chi connectivity index (χ1v) is 8.10. The third kappa shape index (κ3) is 5.64. The number of nitrogens with zero attached hydrogens (tertiary/aromatic N) is 1. The van der Waals surface area contributed by atoms with Crippen LogP contribution in [0.5, 0.6) is 0 Å². The van der Waals surface area contributed by atoms with E-state index in [9.17, 15) is 4.79 Å². The van der Waals surface area contributed by atoms with Crippen LogP contribution in [-0.2, 0) is 17.9 Å². The fourth-order valence-electron chi connectivity index (χ4n) is 2.99. The molecule has 1 aliphatic heterocycles. The van der Waals surface area contributed by atoms with E-state index in [0.717, 1.165) is 37.8 Å². The predicted molar refractivity (Wildman–Crippen MR) is 99.6 cm³/mol. The van der Waals surface area contributed by atoms with Crippen molar-refractivity contribution < 1.29 is 4.79 Å². The van der Waals surface area contributed by atoms with Gasteiger partial charge in [-0.05, 0) is 55.5 Å². The minimum atomic E-state index is 0. The van der Waals surface area contributed by atoms with Gasteiger partial charge in [0.15, 0.2) is 0 Å². The van der Waals surface area contributed by atoms with Gasteiger partial charge in [0.1, 0.15) is 0 Å². The Morgan fingerprint density at radius 3 is 2.74 bits per heavy atom. The van der Waals surface area contributed by atoms with Crippen molar-refractivity contribution in [2.24, 2.45) is 5.92 Å². The first kappa shape index (κ1) is 20.2. The van der Waals surface area contributed by atoms with Crippen molar-refractivity contribution in [3.8, 4) is 0 Å². The number of fused-ring (bicyclic) bond motifs is 1. The molecular weight excluding hydrogens is 333 g/mol. The average Bonchev–Trinajstić information content (AvgIpc) is 3.18. The molecule has 1 aromatic rings. The Morgan fingerprint density at radius 2 is 2.04 bits per heavy atom. The summed E-state index contributed by atoms with van der Waals surface area (Å²) in [5.41, 5.74) is 3.64. The Balaban J connectivity index is 0.00000132. The molecule has 0 aromatic heterocycles. The fourth-order valence-corrected chi connectivity index (χ4v) is 2.99.